The average molecular weight is 288 g/mol. The molecule has 2 fully saturated rings. The van der Waals surface area contributed by atoms with E-state index in [9.17, 15) is 0 Å². The van der Waals surface area contributed by atoms with Crippen molar-refractivity contribution in [1.82, 2.24) is 10.3 Å². The topological polar surface area (TPSA) is 34.2 Å². The Hall–Kier alpha value is -0.930. The molecule has 3 heteroatoms. The van der Waals surface area contributed by atoms with Crippen LogP contribution in [-0.2, 0) is 11.2 Å². The van der Waals surface area contributed by atoms with Crippen molar-refractivity contribution >= 4 is 0 Å². The molecule has 2 aliphatic rings. The van der Waals surface area contributed by atoms with E-state index < -0.39 is 0 Å². The van der Waals surface area contributed by atoms with E-state index in [0.29, 0.717) is 12.0 Å². The standard InChI is InChI=1S/C18H28N2O/c1-19-17(13-16-7-3-6-11-20-16)15-8-12-21-18(14-15)9-4-2-5-10-18/h3,6-7,11,15,17,19H,2,4-5,8-10,12-14H2,1H3. The van der Waals surface area contributed by atoms with Gasteiger partial charge in [-0.25, -0.2) is 0 Å². The van der Waals surface area contributed by atoms with Gasteiger partial charge in [0, 0.05) is 31.0 Å². The van der Waals surface area contributed by atoms with Gasteiger partial charge in [0.1, 0.15) is 0 Å². The molecule has 116 valence electrons. The lowest BCUT2D eigenvalue weighted by Gasteiger charge is -2.45. The highest BCUT2D eigenvalue weighted by Crippen LogP contribution is 2.41. The van der Waals surface area contributed by atoms with Gasteiger partial charge in [-0.3, -0.25) is 4.98 Å². The Morgan fingerprint density at radius 3 is 2.90 bits per heavy atom. The molecule has 0 radical (unpaired) electrons. The van der Waals surface area contributed by atoms with Crippen molar-refractivity contribution in [3.63, 3.8) is 0 Å². The van der Waals surface area contributed by atoms with Crippen molar-refractivity contribution in [2.24, 2.45) is 5.92 Å². The molecule has 1 aromatic heterocycles. The van der Waals surface area contributed by atoms with Gasteiger partial charge < -0.3 is 10.1 Å². The van der Waals surface area contributed by atoms with Crippen molar-refractivity contribution in [3.8, 4) is 0 Å². The zero-order valence-corrected chi connectivity index (χ0v) is 13.2. The molecule has 2 unspecified atom stereocenters. The number of likely N-dealkylation sites (N-methyl/N-ethyl adjacent to an activating group) is 1. The summed E-state index contributed by atoms with van der Waals surface area (Å²) in [5.41, 5.74) is 1.39. The lowest BCUT2D eigenvalue weighted by molar-refractivity contribution is -0.121. The molecule has 21 heavy (non-hydrogen) atoms. The van der Waals surface area contributed by atoms with E-state index in [0.717, 1.165) is 13.0 Å². The van der Waals surface area contributed by atoms with Crippen LogP contribution in [0.4, 0.5) is 0 Å². The smallest absolute Gasteiger partial charge is 0.0685 e. The van der Waals surface area contributed by atoms with E-state index in [1.807, 2.05) is 12.3 Å². The molecule has 0 bridgehead atoms. The highest BCUT2D eigenvalue weighted by atomic mass is 16.5. The maximum Gasteiger partial charge on any atom is 0.0685 e. The van der Waals surface area contributed by atoms with Crippen LogP contribution in [-0.4, -0.2) is 30.3 Å². The second-order valence-corrected chi connectivity index (χ2v) is 6.77. The van der Waals surface area contributed by atoms with Gasteiger partial charge in [0.05, 0.1) is 5.60 Å². The third-order valence-electron chi connectivity index (χ3n) is 5.39. The minimum atomic E-state index is 0.195. The van der Waals surface area contributed by atoms with Gasteiger partial charge in [0.15, 0.2) is 0 Å². The number of aromatic nitrogens is 1. The summed E-state index contributed by atoms with van der Waals surface area (Å²) in [7, 11) is 2.09. The van der Waals surface area contributed by atoms with Crippen molar-refractivity contribution in [1.29, 1.82) is 0 Å². The van der Waals surface area contributed by atoms with Gasteiger partial charge in [0.25, 0.3) is 0 Å². The molecular weight excluding hydrogens is 260 g/mol. The average Bonchev–Trinajstić information content (AvgIpc) is 2.54. The minimum Gasteiger partial charge on any atom is -0.375 e. The second kappa shape index (κ2) is 6.89. The predicted octanol–water partition coefficient (Wildman–Crippen LogP) is 3.34. The van der Waals surface area contributed by atoms with E-state index in [1.54, 1.807) is 0 Å². The Bertz CT molecular complexity index is 423. The number of ether oxygens (including phenoxy) is 1. The number of hydrogen-bond donors (Lipinski definition) is 1. The molecule has 2 heterocycles. The molecule has 3 nitrogen and oxygen atoms in total. The fourth-order valence-corrected chi connectivity index (χ4v) is 4.20. The third-order valence-corrected chi connectivity index (χ3v) is 5.39. The molecule has 1 aliphatic heterocycles. The zero-order valence-electron chi connectivity index (χ0n) is 13.2. The summed E-state index contributed by atoms with van der Waals surface area (Å²) >= 11 is 0. The molecule has 1 aliphatic carbocycles. The Morgan fingerprint density at radius 1 is 1.33 bits per heavy atom. The minimum absolute atomic E-state index is 0.195. The Morgan fingerprint density at radius 2 is 2.19 bits per heavy atom. The van der Waals surface area contributed by atoms with E-state index in [1.165, 1.54) is 50.6 Å². The normalized spacial score (nSPS) is 26.6. The highest BCUT2D eigenvalue weighted by Gasteiger charge is 2.40. The fourth-order valence-electron chi connectivity index (χ4n) is 4.20. The summed E-state index contributed by atoms with van der Waals surface area (Å²) < 4.78 is 6.24. The molecular formula is C18H28N2O. The van der Waals surface area contributed by atoms with Crippen molar-refractivity contribution < 1.29 is 4.74 Å². The molecule has 0 amide bonds. The predicted molar refractivity (Wildman–Crippen MR) is 85.3 cm³/mol. The maximum absolute atomic E-state index is 6.24. The van der Waals surface area contributed by atoms with Gasteiger partial charge in [-0.15, -0.1) is 0 Å². The monoisotopic (exact) mass is 288 g/mol. The quantitative estimate of drug-likeness (QED) is 0.922. The van der Waals surface area contributed by atoms with Crippen molar-refractivity contribution in [2.75, 3.05) is 13.7 Å². The fraction of sp³-hybridized carbons (Fsp3) is 0.722. The largest absolute Gasteiger partial charge is 0.375 e. The molecule has 1 saturated carbocycles. The highest BCUT2D eigenvalue weighted by molar-refractivity contribution is 5.06. The maximum atomic E-state index is 6.24. The van der Waals surface area contributed by atoms with Gasteiger partial charge >= 0.3 is 0 Å². The molecule has 1 saturated heterocycles. The SMILES string of the molecule is CNC(Cc1ccccn1)C1CCOC2(CCCCC2)C1. The summed E-state index contributed by atoms with van der Waals surface area (Å²) in [5, 5.41) is 3.55. The van der Waals surface area contributed by atoms with Crippen LogP contribution < -0.4 is 5.32 Å². The lowest BCUT2D eigenvalue weighted by atomic mass is 9.73. The van der Waals surface area contributed by atoms with E-state index in [-0.39, 0.29) is 5.60 Å². The first-order valence-electron chi connectivity index (χ1n) is 8.52. The Labute approximate surface area is 128 Å². The zero-order chi connectivity index (χ0) is 14.5. The molecule has 3 rings (SSSR count). The van der Waals surface area contributed by atoms with Crippen molar-refractivity contribution in [2.45, 2.75) is 63.0 Å². The van der Waals surface area contributed by atoms with Gasteiger partial charge in [-0.2, -0.15) is 0 Å². The number of rotatable bonds is 4. The number of hydrogen-bond acceptors (Lipinski definition) is 3. The van der Waals surface area contributed by atoms with Crippen LogP contribution in [0.5, 0.6) is 0 Å². The Balaban J connectivity index is 1.65. The first-order chi connectivity index (χ1) is 10.3. The van der Waals surface area contributed by atoms with E-state index >= 15 is 0 Å². The van der Waals surface area contributed by atoms with Gasteiger partial charge in [-0.05, 0) is 50.8 Å². The van der Waals surface area contributed by atoms with Crippen LogP contribution >= 0.6 is 0 Å². The van der Waals surface area contributed by atoms with Crippen LogP contribution in [0.15, 0.2) is 24.4 Å². The molecule has 1 aromatic rings. The molecule has 2 atom stereocenters. The summed E-state index contributed by atoms with van der Waals surface area (Å²) in [6, 6.07) is 6.73. The van der Waals surface area contributed by atoms with Crippen LogP contribution in [0.2, 0.25) is 0 Å². The summed E-state index contributed by atoms with van der Waals surface area (Å²) in [6.45, 7) is 0.936. The Kier molecular flexibility index (Phi) is 4.91. The molecule has 1 N–H and O–H groups in total. The molecule has 1 spiro atoms. The van der Waals surface area contributed by atoms with E-state index in [2.05, 4.69) is 29.5 Å². The molecule has 0 aromatic carbocycles. The lowest BCUT2D eigenvalue weighted by Crippen LogP contribution is -2.47. The van der Waals surface area contributed by atoms with Gasteiger partial charge in [-0.1, -0.05) is 25.3 Å². The third kappa shape index (κ3) is 3.64. The second-order valence-electron chi connectivity index (χ2n) is 6.77. The number of nitrogens with zero attached hydrogens (tertiary/aromatic N) is 1. The van der Waals surface area contributed by atoms with Crippen molar-refractivity contribution in [3.05, 3.63) is 30.1 Å². The first kappa shape index (κ1) is 15.0. The van der Waals surface area contributed by atoms with Crippen LogP contribution in [0.25, 0.3) is 0 Å². The number of nitrogens with one attached hydrogen (secondary N) is 1. The first-order valence-corrected chi connectivity index (χ1v) is 8.52. The summed E-state index contributed by atoms with van der Waals surface area (Å²) in [6.07, 6.45) is 11.9. The summed E-state index contributed by atoms with van der Waals surface area (Å²) in [4.78, 5) is 4.49. The van der Waals surface area contributed by atoms with E-state index in [4.69, 9.17) is 4.74 Å². The van der Waals surface area contributed by atoms with Crippen LogP contribution in [0, 0.1) is 5.92 Å². The summed E-state index contributed by atoms with van der Waals surface area (Å²) in [5.74, 6) is 0.712. The van der Waals surface area contributed by atoms with Crippen LogP contribution in [0.1, 0.15) is 50.6 Å². The van der Waals surface area contributed by atoms with Gasteiger partial charge in [0.2, 0.25) is 0 Å². The van der Waals surface area contributed by atoms with Crippen LogP contribution in [0.3, 0.4) is 0 Å². The number of pyridine rings is 1.